The van der Waals surface area contributed by atoms with E-state index >= 15 is 0 Å². The highest BCUT2D eigenvalue weighted by atomic mass is 28.2. The first-order chi connectivity index (χ1) is 3.62. The fourth-order valence-corrected chi connectivity index (χ4v) is 1.71. The second-order valence-electron chi connectivity index (χ2n) is 2.84. The zero-order valence-corrected chi connectivity index (χ0v) is 7.52. The summed E-state index contributed by atoms with van der Waals surface area (Å²) < 4.78 is 0. The lowest BCUT2D eigenvalue weighted by atomic mass is 10.1. The maximum atomic E-state index is 2.34. The smallest absolute Gasteiger partial charge is 0.00615 e. The molecule has 0 aliphatic heterocycles. The molecule has 0 amide bonds. The summed E-state index contributed by atoms with van der Waals surface area (Å²) in [5, 5.41) is 0.620. The number of rotatable bonds is 2. The van der Waals surface area contributed by atoms with Gasteiger partial charge in [0, 0.05) is 0 Å². The zero-order valence-electron chi connectivity index (χ0n) is 6.36. The van der Waals surface area contributed by atoms with E-state index in [1.165, 1.54) is 6.42 Å². The molecular weight excluding hydrogens is 112 g/mol. The first-order valence-electron chi connectivity index (χ1n) is 3.26. The van der Waals surface area contributed by atoms with Crippen LogP contribution < -0.4 is 0 Å². The van der Waals surface area contributed by atoms with Crippen molar-refractivity contribution in [1.82, 2.24) is 0 Å². The molecule has 0 bridgehead atoms. The molecule has 0 N–H and O–H groups in total. The van der Waals surface area contributed by atoms with Crippen LogP contribution in [0.15, 0.2) is 0 Å². The molecule has 0 saturated heterocycles. The van der Waals surface area contributed by atoms with Crippen molar-refractivity contribution in [3.8, 4) is 0 Å². The van der Waals surface area contributed by atoms with Crippen LogP contribution in [0.25, 0.3) is 0 Å². The standard InChI is InChI=1S/C7H16Si/c1-5-7(3,4)8-6-2/h6,8H,5H2,1-4H3. The molecule has 0 spiro atoms. The molecule has 0 aromatic rings. The van der Waals surface area contributed by atoms with Gasteiger partial charge in [0.1, 0.15) is 0 Å². The monoisotopic (exact) mass is 128 g/mol. The summed E-state index contributed by atoms with van der Waals surface area (Å²) in [7, 11) is 0.571. The zero-order chi connectivity index (χ0) is 6.62. The minimum atomic E-state index is 0.571. The van der Waals surface area contributed by atoms with Gasteiger partial charge in [-0.05, 0) is 14.2 Å². The second-order valence-corrected chi connectivity index (χ2v) is 5.41. The van der Waals surface area contributed by atoms with Crippen LogP contribution in [0.5, 0.6) is 0 Å². The summed E-state index contributed by atoms with van der Waals surface area (Å²) in [4.78, 5) is 0. The Kier molecular flexibility index (Phi) is 3.21. The van der Waals surface area contributed by atoms with E-state index in [2.05, 4.69) is 33.4 Å². The van der Waals surface area contributed by atoms with Gasteiger partial charge in [-0.3, -0.25) is 0 Å². The summed E-state index contributed by atoms with van der Waals surface area (Å²) in [6.45, 7) is 9.09. The molecule has 0 aromatic carbocycles. The van der Waals surface area contributed by atoms with Crippen molar-refractivity contribution < 1.29 is 0 Å². The Morgan fingerprint density at radius 2 is 2.00 bits per heavy atom. The molecule has 0 aliphatic carbocycles. The van der Waals surface area contributed by atoms with Gasteiger partial charge in [-0.15, -0.1) is 5.67 Å². The maximum Gasteiger partial charge on any atom is -0.00615 e. The summed E-state index contributed by atoms with van der Waals surface area (Å²) in [6, 6.07) is 0. The lowest BCUT2D eigenvalue weighted by Crippen LogP contribution is -2.05. The summed E-state index contributed by atoms with van der Waals surface area (Å²) in [5.74, 6) is 0. The van der Waals surface area contributed by atoms with Gasteiger partial charge in [0.05, 0.1) is 0 Å². The molecule has 0 nitrogen and oxygen atoms in total. The first-order valence-corrected chi connectivity index (χ1v) is 4.50. The molecule has 0 saturated carbocycles. The van der Waals surface area contributed by atoms with Crippen LogP contribution in [0.4, 0.5) is 0 Å². The molecule has 1 heteroatoms. The minimum Gasteiger partial charge on any atom is -0.109 e. The fourth-order valence-electron chi connectivity index (χ4n) is 0.569. The van der Waals surface area contributed by atoms with Gasteiger partial charge in [0.2, 0.25) is 0 Å². The summed E-state index contributed by atoms with van der Waals surface area (Å²) in [5.41, 5.74) is 2.32. The van der Waals surface area contributed by atoms with E-state index in [0.29, 0.717) is 14.2 Å². The Morgan fingerprint density at radius 3 is 2.12 bits per heavy atom. The van der Waals surface area contributed by atoms with Crippen LogP contribution in [0.2, 0.25) is 5.04 Å². The fraction of sp³-hybridized carbons (Fsp3) is 0.857. The third kappa shape index (κ3) is 3.14. The molecule has 8 heavy (non-hydrogen) atoms. The van der Waals surface area contributed by atoms with Crippen molar-refractivity contribution >= 4 is 14.8 Å². The highest BCUT2D eigenvalue weighted by Crippen LogP contribution is 2.23. The lowest BCUT2D eigenvalue weighted by molar-refractivity contribution is 0.652. The van der Waals surface area contributed by atoms with Crippen molar-refractivity contribution in [1.29, 1.82) is 0 Å². The van der Waals surface area contributed by atoms with E-state index in [1.807, 2.05) is 0 Å². The average molecular weight is 128 g/mol. The predicted octanol–water partition coefficient (Wildman–Crippen LogP) is 1.85. The van der Waals surface area contributed by atoms with Crippen LogP contribution in [0, 0.1) is 0 Å². The van der Waals surface area contributed by atoms with Crippen molar-refractivity contribution in [3.63, 3.8) is 0 Å². The van der Waals surface area contributed by atoms with Crippen molar-refractivity contribution in [2.75, 3.05) is 0 Å². The van der Waals surface area contributed by atoms with Crippen LogP contribution in [-0.2, 0) is 0 Å². The summed E-state index contributed by atoms with van der Waals surface area (Å²) >= 11 is 0. The van der Waals surface area contributed by atoms with Gasteiger partial charge in [-0.1, -0.05) is 34.1 Å². The van der Waals surface area contributed by atoms with Crippen LogP contribution in [0.1, 0.15) is 34.1 Å². The van der Waals surface area contributed by atoms with Gasteiger partial charge in [0.15, 0.2) is 0 Å². The van der Waals surface area contributed by atoms with Gasteiger partial charge in [-0.2, -0.15) is 0 Å². The number of hydrogen-bond donors (Lipinski definition) is 0. The molecular formula is C7H16Si. The van der Waals surface area contributed by atoms with Crippen molar-refractivity contribution in [2.45, 2.75) is 39.2 Å². The predicted molar refractivity (Wildman–Crippen MR) is 43.2 cm³/mol. The SMILES string of the molecule is CC=[SiH]C(C)(C)CC. The van der Waals surface area contributed by atoms with Crippen LogP contribution >= 0.6 is 0 Å². The minimum absolute atomic E-state index is 0.571. The van der Waals surface area contributed by atoms with E-state index in [9.17, 15) is 0 Å². The number of hydrogen-bond acceptors (Lipinski definition) is 0. The second kappa shape index (κ2) is 3.18. The molecule has 0 aliphatic rings. The van der Waals surface area contributed by atoms with Gasteiger partial charge < -0.3 is 0 Å². The molecule has 0 unspecified atom stereocenters. The molecule has 0 aromatic heterocycles. The van der Waals surface area contributed by atoms with Crippen LogP contribution in [-0.4, -0.2) is 14.8 Å². The van der Waals surface area contributed by atoms with E-state index in [4.69, 9.17) is 0 Å². The van der Waals surface area contributed by atoms with E-state index in [1.54, 1.807) is 0 Å². The summed E-state index contributed by atoms with van der Waals surface area (Å²) in [6.07, 6.45) is 1.31. The topological polar surface area (TPSA) is 0 Å². The largest absolute Gasteiger partial charge is 0.109 e. The third-order valence-corrected chi connectivity index (χ3v) is 3.17. The van der Waals surface area contributed by atoms with Crippen molar-refractivity contribution in [3.05, 3.63) is 0 Å². The van der Waals surface area contributed by atoms with Gasteiger partial charge in [0.25, 0.3) is 0 Å². The van der Waals surface area contributed by atoms with Gasteiger partial charge in [-0.25, -0.2) is 0 Å². The average Bonchev–Trinajstić information content (AvgIpc) is 1.67. The molecule has 0 heterocycles. The third-order valence-electron chi connectivity index (χ3n) is 1.53. The molecule has 0 rings (SSSR count). The highest BCUT2D eigenvalue weighted by molar-refractivity contribution is 6.49. The highest BCUT2D eigenvalue weighted by Gasteiger charge is 2.08. The normalized spacial score (nSPS) is 13.0. The first kappa shape index (κ1) is 8.09. The Morgan fingerprint density at radius 1 is 1.50 bits per heavy atom. The Labute approximate surface area is 54.7 Å². The van der Waals surface area contributed by atoms with Gasteiger partial charge >= 0.3 is 0 Å². The maximum absolute atomic E-state index is 2.34. The molecule has 0 atom stereocenters. The molecule has 0 fully saturated rings. The van der Waals surface area contributed by atoms with E-state index < -0.39 is 0 Å². The van der Waals surface area contributed by atoms with E-state index in [-0.39, 0.29) is 0 Å². The van der Waals surface area contributed by atoms with Crippen molar-refractivity contribution in [2.24, 2.45) is 0 Å². The Balaban J connectivity index is 3.71. The Bertz CT molecular complexity index is 82.4. The van der Waals surface area contributed by atoms with E-state index in [0.717, 1.165) is 0 Å². The lowest BCUT2D eigenvalue weighted by Gasteiger charge is -2.15. The quantitative estimate of drug-likeness (QED) is 0.498. The molecule has 0 radical (unpaired) electrons. The Hall–Kier alpha value is 0.0869. The van der Waals surface area contributed by atoms with Crippen LogP contribution in [0.3, 0.4) is 0 Å². The molecule has 48 valence electrons.